The molecule has 0 aromatic carbocycles. The van der Waals surface area contributed by atoms with E-state index in [1.54, 1.807) is 20.8 Å². The highest BCUT2D eigenvalue weighted by atomic mass is 16.6. The highest BCUT2D eigenvalue weighted by molar-refractivity contribution is 5.94. The van der Waals surface area contributed by atoms with Crippen LogP contribution >= 0.6 is 0 Å². The Hall–Kier alpha value is -2.71. The molecule has 0 bridgehead atoms. The zero-order valence-corrected chi connectivity index (χ0v) is 12.8. The van der Waals surface area contributed by atoms with E-state index in [2.05, 4.69) is 15.6 Å². The molecule has 1 atom stereocenters. The van der Waals surface area contributed by atoms with Crippen molar-refractivity contribution in [3.05, 3.63) is 33.3 Å². The summed E-state index contributed by atoms with van der Waals surface area (Å²) in [7, 11) is 0. The molecule has 0 aliphatic heterocycles. The fourth-order valence-electron chi connectivity index (χ4n) is 2.21. The van der Waals surface area contributed by atoms with Gasteiger partial charge in [0.1, 0.15) is 11.4 Å². The Bertz CT molecular complexity index is 699. The van der Waals surface area contributed by atoms with Gasteiger partial charge in [0.2, 0.25) is 0 Å². The number of anilines is 1. The largest absolute Gasteiger partial charge is 0.390 e. The van der Waals surface area contributed by atoms with E-state index in [4.69, 9.17) is 4.52 Å². The van der Waals surface area contributed by atoms with Crippen LogP contribution in [-0.4, -0.2) is 25.8 Å². The van der Waals surface area contributed by atoms with Gasteiger partial charge in [0, 0.05) is 0 Å². The van der Waals surface area contributed by atoms with Gasteiger partial charge < -0.3 is 20.0 Å². The molecule has 0 fully saturated rings. The molecule has 0 saturated carbocycles. The van der Waals surface area contributed by atoms with Crippen molar-refractivity contribution in [2.75, 3.05) is 5.32 Å². The topological polar surface area (TPSA) is 116 Å². The van der Waals surface area contributed by atoms with Gasteiger partial charge in [-0.25, -0.2) is 0 Å². The molecule has 2 heterocycles. The first-order valence-corrected chi connectivity index (χ1v) is 6.79. The Balaban J connectivity index is 2.28. The van der Waals surface area contributed by atoms with Gasteiger partial charge in [-0.3, -0.25) is 4.79 Å². The van der Waals surface area contributed by atoms with Crippen molar-refractivity contribution in [1.29, 1.82) is 0 Å². The first kappa shape index (κ1) is 15.7. The van der Waals surface area contributed by atoms with E-state index in [-0.39, 0.29) is 11.7 Å². The molecule has 0 spiro atoms. The SMILES string of the molecule is CCC(C(=O)Nc1c(C)noc1C)n1nc([N+](=O)[O-])cc1C. The highest BCUT2D eigenvalue weighted by Crippen LogP contribution is 2.23. The van der Waals surface area contributed by atoms with E-state index in [0.29, 0.717) is 29.3 Å². The summed E-state index contributed by atoms with van der Waals surface area (Å²) < 4.78 is 6.36. The molecule has 2 rings (SSSR count). The van der Waals surface area contributed by atoms with E-state index < -0.39 is 11.0 Å². The lowest BCUT2D eigenvalue weighted by molar-refractivity contribution is -0.389. The Labute approximate surface area is 126 Å². The van der Waals surface area contributed by atoms with Gasteiger partial charge in [-0.2, -0.15) is 4.68 Å². The van der Waals surface area contributed by atoms with Crippen molar-refractivity contribution >= 4 is 17.4 Å². The molecule has 22 heavy (non-hydrogen) atoms. The maximum Gasteiger partial charge on any atom is 0.390 e. The van der Waals surface area contributed by atoms with Crippen molar-refractivity contribution in [2.24, 2.45) is 0 Å². The minimum absolute atomic E-state index is 0.277. The van der Waals surface area contributed by atoms with Crippen molar-refractivity contribution in [3.63, 3.8) is 0 Å². The average molecular weight is 307 g/mol. The molecule has 1 unspecified atom stereocenters. The summed E-state index contributed by atoms with van der Waals surface area (Å²) >= 11 is 0. The molecular formula is C13H17N5O4. The van der Waals surface area contributed by atoms with Gasteiger partial charge >= 0.3 is 5.82 Å². The van der Waals surface area contributed by atoms with Crippen LogP contribution in [0, 0.1) is 30.9 Å². The number of carbonyl (C=O) groups excluding carboxylic acids is 1. The maximum atomic E-state index is 12.5. The number of rotatable bonds is 5. The first-order chi connectivity index (χ1) is 10.3. The summed E-state index contributed by atoms with van der Waals surface area (Å²) in [6.45, 7) is 6.90. The summed E-state index contributed by atoms with van der Waals surface area (Å²) in [6.07, 6.45) is 0.439. The molecule has 0 radical (unpaired) electrons. The molecule has 0 saturated heterocycles. The number of hydrogen-bond acceptors (Lipinski definition) is 6. The number of amides is 1. The van der Waals surface area contributed by atoms with Crippen molar-refractivity contribution in [3.8, 4) is 0 Å². The molecular weight excluding hydrogens is 290 g/mol. The van der Waals surface area contributed by atoms with Crippen molar-refractivity contribution in [1.82, 2.24) is 14.9 Å². The lowest BCUT2D eigenvalue weighted by Gasteiger charge is -2.13. The maximum absolute atomic E-state index is 12.5. The number of nitro groups is 1. The molecule has 2 aromatic rings. The van der Waals surface area contributed by atoms with Crippen molar-refractivity contribution in [2.45, 2.75) is 40.2 Å². The fraction of sp³-hybridized carbons (Fsp3) is 0.462. The van der Waals surface area contributed by atoms with Crippen LogP contribution in [0.3, 0.4) is 0 Å². The predicted molar refractivity (Wildman–Crippen MR) is 77.6 cm³/mol. The number of hydrogen-bond donors (Lipinski definition) is 1. The van der Waals surface area contributed by atoms with Crippen LogP contribution in [0.2, 0.25) is 0 Å². The van der Waals surface area contributed by atoms with E-state index >= 15 is 0 Å². The fourth-order valence-corrected chi connectivity index (χ4v) is 2.21. The van der Waals surface area contributed by atoms with Gasteiger partial charge in [-0.1, -0.05) is 12.1 Å². The Kier molecular flexibility index (Phi) is 4.25. The number of nitrogens with zero attached hydrogens (tertiary/aromatic N) is 4. The second-order valence-electron chi connectivity index (χ2n) is 4.96. The standard InChI is InChI=1S/C13H17N5O4/c1-5-10(17-7(2)6-11(15-17)18(20)21)13(19)14-12-8(3)16-22-9(12)4/h6,10H,5H2,1-4H3,(H,14,19). The first-order valence-electron chi connectivity index (χ1n) is 6.79. The van der Waals surface area contributed by atoms with Crippen LogP contribution in [0.4, 0.5) is 11.5 Å². The van der Waals surface area contributed by atoms with E-state index in [1.807, 2.05) is 6.92 Å². The van der Waals surface area contributed by atoms with E-state index in [1.165, 1.54) is 10.7 Å². The zero-order chi connectivity index (χ0) is 16.4. The van der Waals surface area contributed by atoms with Crippen LogP contribution < -0.4 is 5.32 Å². The third-order valence-corrected chi connectivity index (χ3v) is 3.36. The monoisotopic (exact) mass is 307 g/mol. The molecule has 9 nitrogen and oxygen atoms in total. The lowest BCUT2D eigenvalue weighted by Crippen LogP contribution is -2.27. The normalized spacial score (nSPS) is 12.2. The predicted octanol–water partition coefficient (Wildman–Crippen LogP) is 2.29. The summed E-state index contributed by atoms with van der Waals surface area (Å²) in [5.74, 6) is -0.0945. The Morgan fingerprint density at radius 3 is 2.64 bits per heavy atom. The average Bonchev–Trinajstić information content (AvgIpc) is 2.98. The third-order valence-electron chi connectivity index (χ3n) is 3.36. The minimum atomic E-state index is -0.651. The van der Waals surface area contributed by atoms with Crippen LogP contribution in [0.15, 0.2) is 10.6 Å². The summed E-state index contributed by atoms with van der Waals surface area (Å²) in [6, 6.07) is 0.689. The van der Waals surface area contributed by atoms with E-state index in [0.717, 1.165) is 0 Å². The van der Waals surface area contributed by atoms with E-state index in [9.17, 15) is 14.9 Å². The van der Waals surface area contributed by atoms with Gasteiger partial charge in [0.05, 0.1) is 16.9 Å². The minimum Gasteiger partial charge on any atom is -0.359 e. The summed E-state index contributed by atoms with van der Waals surface area (Å²) in [4.78, 5) is 22.7. The molecule has 1 amide bonds. The van der Waals surface area contributed by atoms with Gasteiger partial charge in [-0.15, -0.1) is 0 Å². The molecule has 0 aliphatic carbocycles. The molecule has 2 aromatic heterocycles. The van der Waals surface area contributed by atoms with Crippen molar-refractivity contribution < 1.29 is 14.2 Å². The third kappa shape index (κ3) is 2.83. The smallest absolute Gasteiger partial charge is 0.359 e. The van der Waals surface area contributed by atoms with Crippen LogP contribution in [0.25, 0.3) is 0 Å². The lowest BCUT2D eigenvalue weighted by atomic mass is 10.2. The summed E-state index contributed by atoms with van der Waals surface area (Å²) in [5.41, 5.74) is 1.64. The molecule has 0 aliphatic rings. The summed E-state index contributed by atoms with van der Waals surface area (Å²) in [5, 5.41) is 21.2. The van der Waals surface area contributed by atoms with Crippen LogP contribution in [0.1, 0.15) is 36.5 Å². The second kappa shape index (κ2) is 5.96. The second-order valence-corrected chi connectivity index (χ2v) is 4.96. The van der Waals surface area contributed by atoms with Gasteiger partial charge in [0.15, 0.2) is 11.8 Å². The number of nitrogens with one attached hydrogen (secondary N) is 1. The van der Waals surface area contributed by atoms with Crippen LogP contribution in [0.5, 0.6) is 0 Å². The number of aryl methyl sites for hydroxylation is 3. The molecule has 1 N–H and O–H groups in total. The van der Waals surface area contributed by atoms with Crippen LogP contribution in [-0.2, 0) is 4.79 Å². The van der Waals surface area contributed by atoms with Gasteiger partial charge in [0.25, 0.3) is 5.91 Å². The Morgan fingerprint density at radius 2 is 2.18 bits per heavy atom. The molecule has 118 valence electrons. The number of carbonyl (C=O) groups is 1. The molecule has 9 heteroatoms. The Morgan fingerprint density at radius 1 is 1.50 bits per heavy atom. The number of aromatic nitrogens is 3. The zero-order valence-electron chi connectivity index (χ0n) is 12.8. The highest BCUT2D eigenvalue weighted by Gasteiger charge is 2.28. The quantitative estimate of drug-likeness (QED) is 0.669. The van der Waals surface area contributed by atoms with Gasteiger partial charge in [-0.05, 0) is 32.1 Å².